The third-order valence-electron chi connectivity index (χ3n) is 4.93. The Hall–Kier alpha value is -0.961. The van der Waals surface area contributed by atoms with Crippen LogP contribution in [0.5, 0.6) is 0 Å². The van der Waals surface area contributed by atoms with Crippen LogP contribution in [0, 0.1) is 0 Å². The van der Waals surface area contributed by atoms with E-state index in [-0.39, 0.29) is 11.7 Å². The third-order valence-corrected chi connectivity index (χ3v) is 6.20. The first-order valence-corrected chi connectivity index (χ1v) is 16.2. The summed E-state index contributed by atoms with van der Waals surface area (Å²) < 4.78 is 6.42. The van der Waals surface area contributed by atoms with E-state index >= 15 is 0 Å². The molecule has 0 heterocycles. The van der Waals surface area contributed by atoms with E-state index in [9.17, 15) is 24.6 Å². The normalized spacial score (nSPS) is 10.4. The van der Waals surface area contributed by atoms with Crippen molar-refractivity contribution in [3.05, 3.63) is 24.3 Å². The Balaban J connectivity index is -0.000000684. The molecule has 0 N–H and O–H groups in total. The molecule has 36 heavy (non-hydrogen) atoms. The van der Waals surface area contributed by atoms with Crippen molar-refractivity contribution in [2.24, 2.45) is 0 Å². The predicted octanol–water partition coefficient (Wildman–Crippen LogP) is 4.91. The van der Waals surface area contributed by atoms with Gasteiger partial charge < -0.3 is 24.5 Å². The molecule has 0 bridgehead atoms. The van der Waals surface area contributed by atoms with Gasteiger partial charge in [0, 0.05) is 0 Å². The number of rotatable bonds is 21. The quantitative estimate of drug-likeness (QED) is 0.0482. The van der Waals surface area contributed by atoms with Crippen LogP contribution in [0.15, 0.2) is 24.3 Å². The molecule has 0 unspecified atom stereocenters. The molecule has 0 spiro atoms. The van der Waals surface area contributed by atoms with E-state index in [1.54, 1.807) is 22.5 Å². The van der Waals surface area contributed by atoms with Gasteiger partial charge in [-0.25, -0.2) is 0 Å². The van der Waals surface area contributed by atoms with Gasteiger partial charge in [-0.3, -0.25) is 4.79 Å². The van der Waals surface area contributed by atoms with Crippen molar-refractivity contribution in [1.29, 1.82) is 0 Å². The minimum atomic E-state index is -1.55. The van der Waals surface area contributed by atoms with E-state index in [1.165, 1.54) is 94.3 Å². The van der Waals surface area contributed by atoms with E-state index in [0.717, 1.165) is 12.8 Å². The number of ether oxygens (including phenoxy) is 1. The second-order valence-corrected chi connectivity index (χ2v) is 10.1. The van der Waals surface area contributed by atoms with Crippen molar-refractivity contribution in [2.45, 2.75) is 121 Å². The number of unbranched alkanes of at least 4 members (excludes halogenated alkanes) is 13. The number of hydrogen-bond donors (Lipinski definition) is 1. The van der Waals surface area contributed by atoms with Crippen molar-refractivity contribution >= 4 is 53.1 Å². The minimum absolute atomic E-state index is 0.187. The number of esters is 1. The van der Waals surface area contributed by atoms with E-state index < -0.39 is 11.9 Å². The number of carboxylic acids is 2. The molecule has 0 aliphatic carbocycles. The summed E-state index contributed by atoms with van der Waals surface area (Å²) in [5.74, 6) is -3.11. The van der Waals surface area contributed by atoms with Crippen LogP contribution >= 0.6 is 12.6 Å². The zero-order valence-electron chi connectivity index (χ0n) is 22.6. The van der Waals surface area contributed by atoms with Crippen molar-refractivity contribution in [3.8, 4) is 0 Å². The Morgan fingerprint density at radius 3 is 1.47 bits per heavy atom. The SMILES string of the molecule is CCCCCCCC/C=C\CCCCCCCCOC(=O)CS.CCC[CH2][Sn+2].O=C([O-])/C=C\C(=O)[O-]. The van der Waals surface area contributed by atoms with Gasteiger partial charge in [-0.05, 0) is 44.3 Å². The maximum atomic E-state index is 10.9. The molecular weight excluding hydrogens is 583 g/mol. The summed E-state index contributed by atoms with van der Waals surface area (Å²) in [7, 11) is 0. The van der Waals surface area contributed by atoms with Gasteiger partial charge in [0.05, 0.1) is 24.3 Å². The summed E-state index contributed by atoms with van der Waals surface area (Å²) >= 11 is 5.56. The molecule has 0 aromatic heterocycles. The van der Waals surface area contributed by atoms with Gasteiger partial charge in [0.1, 0.15) is 0 Å². The molecular formula is C28H49O6SSn. The van der Waals surface area contributed by atoms with Crippen LogP contribution < -0.4 is 10.2 Å². The maximum Gasteiger partial charge on any atom is 0.0643 e. The molecule has 0 aliphatic rings. The third kappa shape index (κ3) is 46.4. The first-order valence-electron chi connectivity index (χ1n) is 13.5. The maximum absolute atomic E-state index is 10.9. The zero-order chi connectivity index (χ0) is 27.7. The molecule has 0 atom stereocenters. The predicted molar refractivity (Wildman–Crippen MR) is 149 cm³/mol. The van der Waals surface area contributed by atoms with Crippen molar-refractivity contribution < 1.29 is 29.3 Å². The van der Waals surface area contributed by atoms with E-state index in [0.29, 0.717) is 18.8 Å². The van der Waals surface area contributed by atoms with Crippen LogP contribution in [-0.2, 0) is 19.1 Å². The van der Waals surface area contributed by atoms with E-state index in [4.69, 9.17) is 4.74 Å². The van der Waals surface area contributed by atoms with Crippen LogP contribution in [0.1, 0.15) is 117 Å². The van der Waals surface area contributed by atoms with Crippen LogP contribution in [0.4, 0.5) is 0 Å². The topological polar surface area (TPSA) is 107 Å². The van der Waals surface area contributed by atoms with Crippen molar-refractivity contribution in [2.75, 3.05) is 12.4 Å². The molecule has 0 amide bonds. The molecule has 8 heteroatoms. The number of carboxylic acid groups (broad SMARTS) is 2. The second-order valence-electron chi connectivity index (χ2n) is 8.39. The molecule has 0 aromatic carbocycles. The number of thiol groups is 1. The molecule has 1 radical (unpaired) electrons. The first kappa shape index (κ1) is 39.5. The zero-order valence-corrected chi connectivity index (χ0v) is 26.4. The number of aliphatic carboxylic acids is 2. The van der Waals surface area contributed by atoms with Gasteiger partial charge >= 0.3 is 52.7 Å². The number of carbonyl (C=O) groups excluding carboxylic acids is 3. The average Bonchev–Trinajstić information content (AvgIpc) is 2.85. The number of hydrogen-bond acceptors (Lipinski definition) is 7. The van der Waals surface area contributed by atoms with Gasteiger partial charge in [0.15, 0.2) is 0 Å². The summed E-state index contributed by atoms with van der Waals surface area (Å²) in [5, 5.41) is 18.8. The van der Waals surface area contributed by atoms with Gasteiger partial charge in [-0.1, -0.05) is 76.9 Å². The van der Waals surface area contributed by atoms with Crippen LogP contribution in [0.25, 0.3) is 0 Å². The first-order chi connectivity index (χ1) is 17.3. The Kier molecular flexibility index (Phi) is 39.8. The van der Waals surface area contributed by atoms with E-state index in [1.807, 2.05) is 0 Å². The Labute approximate surface area is 239 Å². The van der Waals surface area contributed by atoms with Gasteiger partial charge in [0.2, 0.25) is 0 Å². The summed E-state index contributed by atoms with van der Waals surface area (Å²) in [5.41, 5.74) is 0. The molecule has 6 nitrogen and oxygen atoms in total. The summed E-state index contributed by atoms with van der Waals surface area (Å²) in [4.78, 5) is 29.7. The Morgan fingerprint density at radius 1 is 0.694 bits per heavy atom. The van der Waals surface area contributed by atoms with Crippen LogP contribution in [0.2, 0.25) is 4.44 Å². The smallest absolute Gasteiger partial charge is 0.0643 e. The number of allylic oxidation sites excluding steroid dienone is 2. The molecule has 0 fully saturated rings. The van der Waals surface area contributed by atoms with Gasteiger partial charge in [0.25, 0.3) is 0 Å². The van der Waals surface area contributed by atoms with Crippen LogP contribution in [0.3, 0.4) is 0 Å². The molecule has 0 saturated carbocycles. The molecule has 0 rings (SSSR count). The number of carbonyl (C=O) groups is 3. The molecule has 0 aliphatic heterocycles. The standard InChI is InChI=1S/C20H38O2S.C4H4O4.C4H9.Sn/c1-2-3-4-5-6-7-8-9-10-11-12-13-14-15-16-17-18-22-20(21)19-23;5-3(6)1-2-4(7)8;1-3-4-2;/h9-10,23H,2-8,11-19H2,1H3;1-2H,(H,5,6)(H,7,8);1,3-4H2,2H3;/q;;;+2/p-2/b10-9-;2-1-;;. The Bertz CT molecular complexity index is 534. The molecule has 0 saturated heterocycles. The largest absolute Gasteiger partial charge is 0.545 e. The minimum Gasteiger partial charge on any atom is -0.545 e. The fourth-order valence-corrected chi connectivity index (χ4v) is 3.99. The monoisotopic (exact) mass is 633 g/mol. The fraction of sp³-hybridized carbons (Fsp3) is 0.750. The summed E-state index contributed by atoms with van der Waals surface area (Å²) in [6, 6.07) is 0. The van der Waals surface area contributed by atoms with Crippen LogP contribution in [-0.4, -0.2) is 52.8 Å². The fourth-order valence-electron chi connectivity index (χ4n) is 2.89. The second kappa shape index (κ2) is 36.2. The average molecular weight is 632 g/mol. The van der Waals surface area contributed by atoms with Gasteiger partial charge in [-0.2, -0.15) is 12.6 Å². The molecule has 207 valence electrons. The summed E-state index contributed by atoms with van der Waals surface area (Å²) in [6.45, 7) is 5.05. The Morgan fingerprint density at radius 2 is 1.11 bits per heavy atom. The summed E-state index contributed by atoms with van der Waals surface area (Å²) in [6.07, 6.45) is 26.4. The van der Waals surface area contributed by atoms with Crippen molar-refractivity contribution in [3.63, 3.8) is 0 Å². The molecule has 0 aromatic rings. The van der Waals surface area contributed by atoms with Crippen molar-refractivity contribution in [1.82, 2.24) is 0 Å². The van der Waals surface area contributed by atoms with E-state index in [2.05, 4.69) is 38.6 Å². The van der Waals surface area contributed by atoms with Gasteiger partial charge in [-0.15, -0.1) is 0 Å².